The molecule has 1 aromatic rings. The third kappa shape index (κ3) is 3.21. The molecule has 0 aromatic heterocycles. The van der Waals surface area contributed by atoms with Crippen LogP contribution in [0.3, 0.4) is 0 Å². The Morgan fingerprint density at radius 1 is 1.53 bits per heavy atom. The van der Waals surface area contributed by atoms with E-state index in [1.54, 1.807) is 0 Å². The van der Waals surface area contributed by atoms with Gasteiger partial charge in [0, 0.05) is 0 Å². The molecule has 15 heavy (non-hydrogen) atoms. The van der Waals surface area contributed by atoms with E-state index in [-0.39, 0.29) is 0 Å². The van der Waals surface area contributed by atoms with Gasteiger partial charge >= 0.3 is 0 Å². The van der Waals surface area contributed by atoms with Gasteiger partial charge in [0.2, 0.25) is 0 Å². The quantitative estimate of drug-likeness (QED) is 0.767. The third-order valence-corrected chi connectivity index (χ3v) is 2.98. The minimum atomic E-state index is 0.312. The van der Waals surface area contributed by atoms with E-state index in [0.717, 1.165) is 23.2 Å². The zero-order valence-corrected chi connectivity index (χ0v) is 10.4. The first kappa shape index (κ1) is 11.0. The lowest BCUT2D eigenvalue weighted by Crippen LogP contribution is -2.04. The highest BCUT2D eigenvalue weighted by Crippen LogP contribution is 2.27. The van der Waals surface area contributed by atoms with Crippen molar-refractivity contribution < 1.29 is 9.47 Å². The summed E-state index contributed by atoms with van der Waals surface area (Å²) in [6.45, 7) is 3.68. The molecule has 0 saturated carbocycles. The van der Waals surface area contributed by atoms with Gasteiger partial charge in [0.1, 0.15) is 18.5 Å². The van der Waals surface area contributed by atoms with Crippen LogP contribution in [0.2, 0.25) is 0 Å². The summed E-state index contributed by atoms with van der Waals surface area (Å²) < 4.78 is 11.8. The predicted molar refractivity (Wildman–Crippen MR) is 63.4 cm³/mol. The second-order valence-corrected chi connectivity index (χ2v) is 4.64. The van der Waals surface area contributed by atoms with Crippen molar-refractivity contribution in [1.29, 1.82) is 0 Å². The molecule has 2 rings (SSSR count). The van der Waals surface area contributed by atoms with Gasteiger partial charge in [-0.25, -0.2) is 0 Å². The second-order valence-electron chi connectivity index (χ2n) is 3.78. The summed E-state index contributed by atoms with van der Waals surface area (Å²) in [6, 6.07) is 6.28. The topological polar surface area (TPSA) is 21.8 Å². The highest BCUT2D eigenvalue weighted by Gasteiger charge is 2.23. The van der Waals surface area contributed by atoms with Gasteiger partial charge in [-0.05, 0) is 40.0 Å². The molecule has 1 aliphatic heterocycles. The van der Waals surface area contributed by atoms with Gasteiger partial charge in [-0.2, -0.15) is 0 Å². The maximum absolute atomic E-state index is 5.62. The highest BCUT2D eigenvalue weighted by atomic mass is 79.9. The lowest BCUT2D eigenvalue weighted by molar-refractivity contribution is 0.262. The molecule has 1 aliphatic rings. The van der Waals surface area contributed by atoms with Crippen LogP contribution in [0.4, 0.5) is 0 Å². The maximum atomic E-state index is 5.62. The molecular formula is C12H15BrO2. The minimum absolute atomic E-state index is 0.312. The Morgan fingerprint density at radius 2 is 2.33 bits per heavy atom. The number of epoxide rings is 1. The van der Waals surface area contributed by atoms with E-state index < -0.39 is 0 Å². The molecule has 2 nitrogen and oxygen atoms in total. The summed E-state index contributed by atoms with van der Waals surface area (Å²) in [5, 5.41) is 0. The van der Waals surface area contributed by atoms with E-state index in [1.807, 2.05) is 6.07 Å². The maximum Gasteiger partial charge on any atom is 0.133 e. The number of benzene rings is 1. The van der Waals surface area contributed by atoms with Crippen LogP contribution in [0.15, 0.2) is 22.7 Å². The number of rotatable bonds is 5. The van der Waals surface area contributed by atoms with Crippen molar-refractivity contribution in [2.45, 2.75) is 25.9 Å². The predicted octanol–water partition coefficient (Wildman–Crippen LogP) is 3.18. The lowest BCUT2D eigenvalue weighted by Gasteiger charge is -2.08. The number of hydrogen-bond acceptors (Lipinski definition) is 2. The van der Waals surface area contributed by atoms with E-state index in [2.05, 4.69) is 35.0 Å². The molecule has 0 spiro atoms. The van der Waals surface area contributed by atoms with E-state index >= 15 is 0 Å². The average Bonchev–Trinajstić information content (AvgIpc) is 3.01. The van der Waals surface area contributed by atoms with E-state index in [1.165, 1.54) is 12.0 Å². The van der Waals surface area contributed by atoms with Crippen molar-refractivity contribution in [2.75, 3.05) is 13.2 Å². The Hall–Kier alpha value is -0.540. The van der Waals surface area contributed by atoms with Crippen molar-refractivity contribution in [1.82, 2.24) is 0 Å². The average molecular weight is 271 g/mol. The second kappa shape index (κ2) is 4.99. The minimum Gasteiger partial charge on any atom is -0.490 e. The number of halogens is 1. The smallest absolute Gasteiger partial charge is 0.133 e. The lowest BCUT2D eigenvalue weighted by atomic mass is 10.1. The van der Waals surface area contributed by atoms with Crippen LogP contribution in [-0.2, 0) is 11.2 Å². The van der Waals surface area contributed by atoms with Gasteiger partial charge in [-0.1, -0.05) is 19.4 Å². The van der Waals surface area contributed by atoms with E-state index in [0.29, 0.717) is 12.7 Å². The number of ether oxygens (including phenoxy) is 2. The molecule has 82 valence electrons. The largest absolute Gasteiger partial charge is 0.490 e. The molecule has 1 atom stereocenters. The fraction of sp³-hybridized carbons (Fsp3) is 0.500. The van der Waals surface area contributed by atoms with Crippen LogP contribution in [-0.4, -0.2) is 19.3 Å². The summed E-state index contributed by atoms with van der Waals surface area (Å²) in [5.74, 6) is 0.908. The molecular weight excluding hydrogens is 256 g/mol. The van der Waals surface area contributed by atoms with Gasteiger partial charge in [0.25, 0.3) is 0 Å². The van der Waals surface area contributed by atoms with Crippen molar-refractivity contribution in [2.24, 2.45) is 0 Å². The van der Waals surface area contributed by atoms with Gasteiger partial charge in [0.15, 0.2) is 0 Å². The molecule has 3 heteroatoms. The Balaban J connectivity index is 1.97. The van der Waals surface area contributed by atoms with Crippen LogP contribution in [0.1, 0.15) is 18.9 Å². The molecule has 1 aromatic carbocycles. The summed E-state index contributed by atoms with van der Waals surface area (Å²) in [6.07, 6.45) is 2.60. The monoisotopic (exact) mass is 270 g/mol. The fourth-order valence-electron chi connectivity index (χ4n) is 1.45. The number of hydrogen-bond donors (Lipinski definition) is 0. The normalized spacial score (nSPS) is 18.9. The standard InChI is InChI=1S/C12H15BrO2/c1-2-3-9-4-5-12(11(13)6-9)15-8-10-7-14-10/h4-6,10H,2-3,7-8H2,1H3. The Labute approximate surface area is 98.7 Å². The van der Waals surface area contributed by atoms with Crippen molar-refractivity contribution >= 4 is 15.9 Å². The van der Waals surface area contributed by atoms with Gasteiger partial charge in [-0.3, -0.25) is 0 Å². The summed E-state index contributed by atoms with van der Waals surface area (Å²) in [7, 11) is 0. The molecule has 0 amide bonds. The molecule has 1 fully saturated rings. The first-order valence-corrected chi connectivity index (χ1v) is 6.11. The Bertz CT molecular complexity index is 334. The van der Waals surface area contributed by atoms with Crippen LogP contribution in [0.5, 0.6) is 5.75 Å². The third-order valence-electron chi connectivity index (χ3n) is 2.36. The molecule has 0 aliphatic carbocycles. The summed E-state index contributed by atoms with van der Waals surface area (Å²) in [4.78, 5) is 0. The molecule has 0 N–H and O–H groups in total. The van der Waals surface area contributed by atoms with Gasteiger partial charge < -0.3 is 9.47 Å². The van der Waals surface area contributed by atoms with Gasteiger partial charge in [0.05, 0.1) is 11.1 Å². The van der Waals surface area contributed by atoms with E-state index in [4.69, 9.17) is 9.47 Å². The highest BCUT2D eigenvalue weighted by molar-refractivity contribution is 9.10. The van der Waals surface area contributed by atoms with Crippen LogP contribution in [0.25, 0.3) is 0 Å². The molecule has 1 saturated heterocycles. The SMILES string of the molecule is CCCc1ccc(OCC2CO2)c(Br)c1. The van der Waals surface area contributed by atoms with Crippen LogP contribution in [0, 0.1) is 0 Å². The van der Waals surface area contributed by atoms with Crippen molar-refractivity contribution in [3.63, 3.8) is 0 Å². The number of aryl methyl sites for hydroxylation is 1. The van der Waals surface area contributed by atoms with Crippen molar-refractivity contribution in [3.8, 4) is 5.75 Å². The Morgan fingerprint density at radius 3 is 2.93 bits per heavy atom. The Kier molecular flexibility index (Phi) is 3.65. The van der Waals surface area contributed by atoms with Crippen LogP contribution >= 0.6 is 15.9 Å². The zero-order chi connectivity index (χ0) is 10.7. The van der Waals surface area contributed by atoms with Crippen molar-refractivity contribution in [3.05, 3.63) is 28.2 Å². The van der Waals surface area contributed by atoms with Crippen LogP contribution < -0.4 is 4.74 Å². The molecule has 1 heterocycles. The first-order chi connectivity index (χ1) is 7.29. The molecule has 0 bridgehead atoms. The summed E-state index contributed by atoms with van der Waals surface area (Å²) in [5.41, 5.74) is 1.35. The molecule has 1 unspecified atom stereocenters. The summed E-state index contributed by atoms with van der Waals surface area (Å²) >= 11 is 3.52. The zero-order valence-electron chi connectivity index (χ0n) is 8.83. The van der Waals surface area contributed by atoms with Gasteiger partial charge in [-0.15, -0.1) is 0 Å². The first-order valence-electron chi connectivity index (χ1n) is 5.32. The fourth-order valence-corrected chi connectivity index (χ4v) is 1.99. The molecule has 0 radical (unpaired) electrons. The van der Waals surface area contributed by atoms with E-state index in [9.17, 15) is 0 Å².